The number of nitrogens with zero attached hydrogens (tertiary/aromatic N) is 2. The highest BCUT2D eigenvalue weighted by atomic mass is 127. The van der Waals surface area contributed by atoms with E-state index in [-0.39, 0.29) is 43.0 Å². The summed E-state index contributed by atoms with van der Waals surface area (Å²) in [6.07, 6.45) is -3.37. The molecule has 3 N–H and O–H groups in total. The predicted molar refractivity (Wildman–Crippen MR) is 123 cm³/mol. The van der Waals surface area contributed by atoms with Crippen LogP contribution < -0.4 is 16.0 Å². The molecule has 3 amide bonds. The maximum absolute atomic E-state index is 12.8. The summed E-state index contributed by atoms with van der Waals surface area (Å²) >= 11 is 0. The van der Waals surface area contributed by atoms with Gasteiger partial charge >= 0.3 is 12.2 Å². The van der Waals surface area contributed by atoms with Gasteiger partial charge in [0, 0.05) is 19.6 Å². The highest BCUT2D eigenvalue weighted by molar-refractivity contribution is 14.0. The third-order valence-corrected chi connectivity index (χ3v) is 4.92. The molecule has 31 heavy (non-hydrogen) atoms. The van der Waals surface area contributed by atoms with Gasteiger partial charge in [0.15, 0.2) is 5.96 Å². The maximum Gasteiger partial charge on any atom is 0.416 e. The van der Waals surface area contributed by atoms with Crippen LogP contribution in [0.5, 0.6) is 0 Å². The molecule has 1 unspecified atom stereocenters. The van der Waals surface area contributed by atoms with Crippen molar-refractivity contribution < 1.29 is 22.8 Å². The molecular weight excluding hydrogens is 526 g/mol. The van der Waals surface area contributed by atoms with E-state index in [1.165, 1.54) is 11.0 Å². The molecule has 1 fully saturated rings. The monoisotopic (exact) mass is 555 g/mol. The Labute approximate surface area is 197 Å². The molecule has 0 radical (unpaired) electrons. The first kappa shape index (κ1) is 27.0. The number of nitrogens with one attached hydrogen (secondary N) is 3. The Hall–Kier alpha value is -2.05. The Morgan fingerprint density at radius 1 is 1.23 bits per heavy atom. The van der Waals surface area contributed by atoms with Gasteiger partial charge in [0.1, 0.15) is 5.54 Å². The molecule has 1 aliphatic rings. The summed E-state index contributed by atoms with van der Waals surface area (Å²) in [5.74, 6) is 0.214. The molecular formula is C20H29F3IN5O2. The second-order valence-electron chi connectivity index (χ2n) is 7.25. The first-order valence-corrected chi connectivity index (χ1v) is 9.93. The van der Waals surface area contributed by atoms with Crippen molar-refractivity contribution in [1.29, 1.82) is 0 Å². The fraction of sp³-hybridized carbons (Fsp3) is 0.550. The number of guanidine groups is 1. The predicted octanol–water partition coefficient (Wildman–Crippen LogP) is 3.49. The van der Waals surface area contributed by atoms with Gasteiger partial charge in [-0.2, -0.15) is 13.2 Å². The van der Waals surface area contributed by atoms with Crippen LogP contribution >= 0.6 is 24.0 Å². The Balaban J connectivity index is 0.00000480. The van der Waals surface area contributed by atoms with Crippen LogP contribution in [0.25, 0.3) is 0 Å². The average molecular weight is 555 g/mol. The Kier molecular flexibility index (Phi) is 10.0. The lowest BCUT2D eigenvalue weighted by Crippen LogP contribution is -2.43. The van der Waals surface area contributed by atoms with E-state index in [1.54, 1.807) is 13.0 Å². The van der Waals surface area contributed by atoms with E-state index in [9.17, 15) is 22.8 Å². The summed E-state index contributed by atoms with van der Waals surface area (Å²) in [7, 11) is 0. The van der Waals surface area contributed by atoms with E-state index in [4.69, 9.17) is 0 Å². The van der Waals surface area contributed by atoms with Gasteiger partial charge in [0.2, 0.25) is 0 Å². The summed E-state index contributed by atoms with van der Waals surface area (Å²) in [4.78, 5) is 29.9. The van der Waals surface area contributed by atoms with Crippen LogP contribution in [0.15, 0.2) is 29.3 Å². The minimum atomic E-state index is -4.39. The van der Waals surface area contributed by atoms with Crippen molar-refractivity contribution in [3.05, 3.63) is 35.4 Å². The fourth-order valence-electron chi connectivity index (χ4n) is 2.99. The number of amides is 3. The van der Waals surface area contributed by atoms with Gasteiger partial charge in [0.05, 0.1) is 12.1 Å². The van der Waals surface area contributed by atoms with Crippen LogP contribution in [0.4, 0.5) is 18.0 Å². The van der Waals surface area contributed by atoms with Gasteiger partial charge < -0.3 is 16.0 Å². The molecule has 174 valence electrons. The number of imide groups is 1. The number of aliphatic imine (C=N–C) groups is 1. The average Bonchev–Trinajstić information content (AvgIpc) is 2.92. The van der Waals surface area contributed by atoms with E-state index in [1.807, 2.05) is 13.8 Å². The zero-order valence-electron chi connectivity index (χ0n) is 17.8. The van der Waals surface area contributed by atoms with Crippen molar-refractivity contribution in [3.8, 4) is 0 Å². The van der Waals surface area contributed by atoms with Crippen LogP contribution in [-0.4, -0.2) is 48.0 Å². The third-order valence-electron chi connectivity index (χ3n) is 4.92. The van der Waals surface area contributed by atoms with Gasteiger partial charge in [0.25, 0.3) is 5.91 Å². The summed E-state index contributed by atoms with van der Waals surface area (Å²) in [5.41, 5.74) is -1.12. The molecule has 1 aliphatic heterocycles. The second-order valence-corrected chi connectivity index (χ2v) is 7.25. The van der Waals surface area contributed by atoms with Gasteiger partial charge in [-0.25, -0.2) is 9.79 Å². The number of benzene rings is 1. The van der Waals surface area contributed by atoms with E-state index in [0.717, 1.165) is 12.1 Å². The summed E-state index contributed by atoms with van der Waals surface area (Å²) in [5, 5.41) is 8.80. The van der Waals surface area contributed by atoms with Gasteiger partial charge in [-0.1, -0.05) is 19.1 Å². The Morgan fingerprint density at radius 3 is 2.52 bits per heavy atom. The smallest absolute Gasteiger partial charge is 0.357 e. The van der Waals surface area contributed by atoms with Crippen LogP contribution in [0.1, 0.15) is 44.7 Å². The SMILES string of the molecule is CCNC(=NCc1cccc(C(F)(F)F)c1)NCCCN1C(=O)NC(C)(CC)C1=O.I. The number of alkyl halides is 3. The molecule has 1 aromatic carbocycles. The number of hydrogen-bond donors (Lipinski definition) is 3. The lowest BCUT2D eigenvalue weighted by Gasteiger charge is -2.19. The van der Waals surface area contributed by atoms with Crippen LogP contribution in [0, 0.1) is 0 Å². The highest BCUT2D eigenvalue weighted by Crippen LogP contribution is 2.29. The molecule has 1 heterocycles. The topological polar surface area (TPSA) is 85.8 Å². The van der Waals surface area contributed by atoms with E-state index >= 15 is 0 Å². The van der Waals surface area contributed by atoms with Crippen LogP contribution in [-0.2, 0) is 17.5 Å². The van der Waals surface area contributed by atoms with Crippen molar-refractivity contribution >= 4 is 41.9 Å². The molecule has 1 aromatic rings. The van der Waals surface area contributed by atoms with Crippen molar-refractivity contribution in [3.63, 3.8) is 0 Å². The van der Waals surface area contributed by atoms with E-state index in [2.05, 4.69) is 20.9 Å². The molecule has 7 nitrogen and oxygen atoms in total. The van der Waals surface area contributed by atoms with Crippen molar-refractivity contribution in [2.45, 2.75) is 51.9 Å². The number of halogens is 4. The molecule has 0 aromatic heterocycles. The second kappa shape index (κ2) is 11.5. The fourth-order valence-corrected chi connectivity index (χ4v) is 2.99. The lowest BCUT2D eigenvalue weighted by molar-refractivity contribution is -0.137. The zero-order valence-corrected chi connectivity index (χ0v) is 20.1. The van der Waals surface area contributed by atoms with Crippen LogP contribution in [0.3, 0.4) is 0 Å². The van der Waals surface area contributed by atoms with Gasteiger partial charge in [-0.15, -0.1) is 24.0 Å². The molecule has 0 spiro atoms. The van der Waals surface area contributed by atoms with E-state index in [0.29, 0.717) is 37.5 Å². The van der Waals surface area contributed by atoms with Crippen molar-refractivity contribution in [1.82, 2.24) is 20.9 Å². The number of hydrogen-bond acceptors (Lipinski definition) is 3. The first-order valence-electron chi connectivity index (χ1n) is 9.93. The largest absolute Gasteiger partial charge is 0.416 e. The van der Waals surface area contributed by atoms with Crippen molar-refractivity contribution in [2.75, 3.05) is 19.6 Å². The minimum Gasteiger partial charge on any atom is -0.357 e. The van der Waals surface area contributed by atoms with Crippen LogP contribution in [0.2, 0.25) is 0 Å². The molecule has 0 saturated carbocycles. The highest BCUT2D eigenvalue weighted by Gasteiger charge is 2.45. The molecule has 2 rings (SSSR count). The Bertz CT molecular complexity index is 803. The first-order chi connectivity index (χ1) is 14.1. The van der Waals surface area contributed by atoms with Gasteiger partial charge in [-0.3, -0.25) is 9.69 Å². The zero-order chi connectivity index (χ0) is 22.4. The summed E-state index contributed by atoms with van der Waals surface area (Å²) in [6.45, 7) is 6.79. The molecule has 0 aliphatic carbocycles. The molecule has 1 atom stereocenters. The molecule has 0 bridgehead atoms. The Morgan fingerprint density at radius 2 is 1.94 bits per heavy atom. The summed E-state index contributed by atoms with van der Waals surface area (Å²) in [6, 6.07) is 4.65. The normalized spacial score (nSPS) is 19.2. The van der Waals surface area contributed by atoms with E-state index < -0.39 is 23.3 Å². The molecule has 11 heteroatoms. The third kappa shape index (κ3) is 7.25. The number of urea groups is 1. The number of carbonyl (C=O) groups is 2. The van der Waals surface area contributed by atoms with Crippen molar-refractivity contribution in [2.24, 2.45) is 4.99 Å². The minimum absolute atomic E-state index is 0. The summed E-state index contributed by atoms with van der Waals surface area (Å²) < 4.78 is 38.5. The number of rotatable bonds is 8. The van der Waals surface area contributed by atoms with Gasteiger partial charge in [-0.05, 0) is 44.4 Å². The number of carbonyl (C=O) groups excluding carboxylic acids is 2. The standard InChI is InChI=1S/C20H28F3N5O2.HI/c1-4-19(3)16(29)28(18(30)27-19)11-7-10-25-17(24-5-2)26-13-14-8-6-9-15(12-14)20(21,22)23;/h6,8-9,12H,4-5,7,10-11,13H2,1-3H3,(H,27,30)(H2,24,25,26);1H. The molecule has 1 saturated heterocycles. The lowest BCUT2D eigenvalue weighted by atomic mass is 9.99. The quantitative estimate of drug-likeness (QED) is 0.151. The maximum atomic E-state index is 12.8.